The highest BCUT2D eigenvalue weighted by molar-refractivity contribution is 7.18. The second-order valence-electron chi connectivity index (χ2n) is 17.4. The largest absolute Gasteiger partial charge is 0.454 e. The highest BCUT2D eigenvalue weighted by Crippen LogP contribution is 2.47. The predicted octanol–water partition coefficient (Wildman–Crippen LogP) is 13.0. The van der Waals surface area contributed by atoms with Gasteiger partial charge in [-0.05, 0) is 120 Å². The predicted molar refractivity (Wildman–Crippen MR) is 230 cm³/mol. The van der Waals surface area contributed by atoms with E-state index in [9.17, 15) is 0 Å². The number of benzene rings is 4. The summed E-state index contributed by atoms with van der Waals surface area (Å²) in [6.07, 6.45) is 8.55. The van der Waals surface area contributed by atoms with Crippen molar-refractivity contribution in [1.29, 1.82) is 0 Å². The van der Waals surface area contributed by atoms with Gasteiger partial charge in [-0.2, -0.15) is 9.13 Å². The van der Waals surface area contributed by atoms with Gasteiger partial charge in [0.15, 0.2) is 29.7 Å². The first-order chi connectivity index (χ1) is 26.5. The van der Waals surface area contributed by atoms with Crippen LogP contribution >= 0.6 is 11.3 Å². The van der Waals surface area contributed by atoms with Gasteiger partial charge in [0.25, 0.3) is 0 Å². The highest BCUT2D eigenvalue weighted by Gasteiger charge is 2.43. The van der Waals surface area contributed by atoms with E-state index in [-0.39, 0.29) is 11.5 Å². The van der Waals surface area contributed by atoms with Crippen molar-refractivity contribution in [2.45, 2.75) is 79.2 Å². The lowest BCUT2D eigenvalue weighted by molar-refractivity contribution is -0.720. The molecule has 4 aromatic carbocycles. The van der Waals surface area contributed by atoms with Crippen molar-refractivity contribution in [2.24, 2.45) is 5.41 Å². The average Bonchev–Trinajstić information content (AvgIpc) is 3.79. The van der Waals surface area contributed by atoms with Crippen LogP contribution in [0.4, 0.5) is 0 Å². The average molecular weight is 737 g/mol. The molecule has 4 aromatic heterocycles. The molecule has 3 nitrogen and oxygen atoms in total. The number of fused-ring (bicyclic) bond motifs is 15. The van der Waals surface area contributed by atoms with Crippen LogP contribution in [0.5, 0.6) is 0 Å². The summed E-state index contributed by atoms with van der Waals surface area (Å²) in [5, 5.41) is 5.76. The molecule has 0 N–H and O–H groups in total. The minimum Gasteiger partial charge on any atom is -0.454 e. The monoisotopic (exact) mass is 736 g/mol. The molecule has 4 heteroatoms. The summed E-state index contributed by atoms with van der Waals surface area (Å²) < 4.78 is 13.4. The van der Waals surface area contributed by atoms with Gasteiger partial charge in [-0.15, -0.1) is 11.3 Å². The molecule has 2 aliphatic heterocycles. The SMILES string of the molecule is C=C1CC2C(CCc3ccc4c(oc5c4ccc4ccsc45)c3-c3cc(-c4c(C)cccc4C)c(CC(C)(C)C)c[n+]31)c1ccccc1-c1ccc(C)c[n+]12. The lowest BCUT2D eigenvalue weighted by atomic mass is 9.77. The topological polar surface area (TPSA) is 20.9 Å². The zero-order chi connectivity index (χ0) is 37.7. The maximum absolute atomic E-state index is 7.17. The molecule has 8 aromatic rings. The molecule has 2 aliphatic rings. The molecule has 0 saturated carbocycles. The van der Waals surface area contributed by atoms with Crippen LogP contribution in [0.1, 0.15) is 79.0 Å². The van der Waals surface area contributed by atoms with E-state index in [4.69, 9.17) is 11.0 Å². The molecule has 272 valence electrons. The lowest BCUT2D eigenvalue weighted by Crippen LogP contribution is -2.49. The van der Waals surface area contributed by atoms with E-state index in [0.717, 1.165) is 48.2 Å². The van der Waals surface area contributed by atoms with Crippen LogP contribution in [-0.4, -0.2) is 0 Å². The molecule has 10 rings (SSSR count). The van der Waals surface area contributed by atoms with Crippen molar-refractivity contribution < 1.29 is 13.6 Å². The maximum atomic E-state index is 7.17. The van der Waals surface area contributed by atoms with Crippen LogP contribution in [0.2, 0.25) is 0 Å². The summed E-state index contributed by atoms with van der Waals surface area (Å²) in [6.45, 7) is 18.8. The number of pyridine rings is 2. The second kappa shape index (κ2) is 12.6. The Morgan fingerprint density at radius 3 is 2.38 bits per heavy atom. The van der Waals surface area contributed by atoms with E-state index < -0.39 is 0 Å². The van der Waals surface area contributed by atoms with E-state index in [1.165, 1.54) is 82.2 Å². The fourth-order valence-corrected chi connectivity index (χ4v) is 10.8. The summed E-state index contributed by atoms with van der Waals surface area (Å²) in [7, 11) is 0. The molecule has 6 heterocycles. The van der Waals surface area contributed by atoms with Crippen molar-refractivity contribution in [3.63, 3.8) is 0 Å². The maximum Gasteiger partial charge on any atom is 0.222 e. The number of hydrogen-bond acceptors (Lipinski definition) is 2. The van der Waals surface area contributed by atoms with Crippen LogP contribution in [-0.2, 0) is 12.8 Å². The van der Waals surface area contributed by atoms with E-state index >= 15 is 0 Å². The third-order valence-electron chi connectivity index (χ3n) is 12.3. The first-order valence-electron chi connectivity index (χ1n) is 19.8. The number of thiophene rings is 1. The van der Waals surface area contributed by atoms with Crippen LogP contribution in [0, 0.1) is 26.2 Å². The number of furan rings is 1. The van der Waals surface area contributed by atoms with Crippen LogP contribution < -0.4 is 9.13 Å². The van der Waals surface area contributed by atoms with Crippen LogP contribution in [0.15, 0.2) is 120 Å². The standard InChI is InChI=1S/C51H48N2OS/c1-30-15-22-43-38-14-9-8-13-37(38)39-19-16-34-17-20-40-41-21-18-35-23-24-55-50(35)49(41)54-48(40)47(34)45-26-42(46-31(2)11-10-12-32(46)3)36(27-51(5,6)7)29-52(45)33(4)25-44(39)53(43)28-30/h8-15,17-18,20-24,26,28-29,39,44H,4,16,19,25,27H2,1-3,5-7H3/q+2. The molecular formula is C51H48N2OS+2. The van der Waals surface area contributed by atoms with Gasteiger partial charge in [0.1, 0.15) is 5.58 Å². The first kappa shape index (κ1) is 34.2. The molecule has 55 heavy (non-hydrogen) atoms. The number of aromatic nitrogens is 2. The molecule has 0 amide bonds. The van der Waals surface area contributed by atoms with Gasteiger partial charge in [0.2, 0.25) is 11.4 Å². The molecular weight excluding hydrogens is 689 g/mol. The summed E-state index contributed by atoms with van der Waals surface area (Å²) in [5.41, 5.74) is 18.8. The lowest BCUT2D eigenvalue weighted by Gasteiger charge is -2.31. The Balaban J connectivity index is 1.30. The van der Waals surface area contributed by atoms with Crippen molar-refractivity contribution in [2.75, 3.05) is 0 Å². The second-order valence-corrected chi connectivity index (χ2v) is 18.3. The number of hydrogen-bond donors (Lipinski definition) is 0. The van der Waals surface area contributed by atoms with E-state index in [2.05, 4.69) is 159 Å². The zero-order valence-corrected chi connectivity index (χ0v) is 33.6. The molecule has 0 saturated heterocycles. The van der Waals surface area contributed by atoms with E-state index in [0.29, 0.717) is 5.92 Å². The minimum atomic E-state index is 0.0813. The number of rotatable bonds is 2. The molecule has 0 fully saturated rings. The van der Waals surface area contributed by atoms with Crippen molar-refractivity contribution in [3.8, 4) is 33.6 Å². The molecule has 0 radical (unpaired) electrons. The van der Waals surface area contributed by atoms with E-state index in [1.54, 1.807) is 11.3 Å². The normalized spacial score (nSPS) is 16.8. The molecule has 0 spiro atoms. The quantitative estimate of drug-likeness (QED) is 0.162. The Hall–Kier alpha value is -5.32. The number of aryl methyl sites for hydroxylation is 4. The van der Waals surface area contributed by atoms with Crippen molar-refractivity contribution in [1.82, 2.24) is 0 Å². The smallest absolute Gasteiger partial charge is 0.222 e. The zero-order valence-electron chi connectivity index (χ0n) is 32.8. The third kappa shape index (κ3) is 5.52. The Morgan fingerprint density at radius 2 is 1.56 bits per heavy atom. The van der Waals surface area contributed by atoms with Gasteiger partial charge < -0.3 is 4.42 Å². The van der Waals surface area contributed by atoms with Gasteiger partial charge in [0, 0.05) is 45.5 Å². The fourth-order valence-electron chi connectivity index (χ4n) is 9.91. The summed E-state index contributed by atoms with van der Waals surface area (Å²) in [4.78, 5) is 0. The molecule has 2 atom stereocenters. The summed E-state index contributed by atoms with van der Waals surface area (Å²) >= 11 is 1.76. The fraction of sp³-hybridized carbons (Fsp3) is 0.255. The number of allylic oxidation sites excluding steroid dienone is 1. The summed E-state index contributed by atoms with van der Waals surface area (Å²) in [5.74, 6) is 0.322. The molecule has 0 aliphatic carbocycles. The Kier molecular flexibility index (Phi) is 7.84. The first-order valence-corrected chi connectivity index (χ1v) is 20.7. The van der Waals surface area contributed by atoms with Crippen molar-refractivity contribution >= 4 is 49.1 Å². The molecule has 0 bridgehead atoms. The molecule has 2 unspecified atom stereocenters. The summed E-state index contributed by atoms with van der Waals surface area (Å²) in [6, 6.07) is 34.5. The number of nitrogens with zero attached hydrogens (tertiary/aromatic N) is 2. The minimum absolute atomic E-state index is 0.0813. The van der Waals surface area contributed by atoms with Gasteiger partial charge in [-0.3, -0.25) is 0 Å². The van der Waals surface area contributed by atoms with Gasteiger partial charge in [-0.25, -0.2) is 0 Å². The third-order valence-corrected chi connectivity index (χ3v) is 13.2. The Labute approximate surface area is 328 Å². The Morgan fingerprint density at radius 1 is 0.782 bits per heavy atom. The van der Waals surface area contributed by atoms with Crippen LogP contribution in [0.3, 0.4) is 0 Å². The Bertz CT molecular complexity index is 2860. The van der Waals surface area contributed by atoms with Gasteiger partial charge >= 0.3 is 0 Å². The van der Waals surface area contributed by atoms with E-state index in [1.807, 2.05) is 0 Å². The van der Waals surface area contributed by atoms with Gasteiger partial charge in [0.05, 0.1) is 16.7 Å². The van der Waals surface area contributed by atoms with Crippen LogP contribution in [0.25, 0.3) is 71.4 Å². The van der Waals surface area contributed by atoms with Crippen molar-refractivity contribution in [3.05, 3.63) is 149 Å². The van der Waals surface area contributed by atoms with Gasteiger partial charge in [-0.1, -0.05) is 75.4 Å². The highest BCUT2D eigenvalue weighted by atomic mass is 32.1.